The van der Waals surface area contributed by atoms with Gasteiger partial charge in [0.25, 0.3) is 0 Å². The predicted molar refractivity (Wildman–Crippen MR) is 174 cm³/mol. The summed E-state index contributed by atoms with van der Waals surface area (Å²) in [5, 5.41) is 13.1. The second kappa shape index (κ2) is 12.1. The second-order valence-electron chi connectivity index (χ2n) is 13.2. The molecule has 2 aliphatic heterocycles. The third-order valence-corrected chi connectivity index (χ3v) is 9.92. The number of nitrogens with zero attached hydrogens (tertiary/aromatic N) is 6. The van der Waals surface area contributed by atoms with E-state index in [1.807, 2.05) is 31.3 Å². The molecule has 0 radical (unpaired) electrons. The third kappa shape index (κ3) is 6.04. The summed E-state index contributed by atoms with van der Waals surface area (Å²) in [6.07, 6.45) is 2.49. The van der Waals surface area contributed by atoms with Crippen LogP contribution in [0.4, 0.5) is 24.5 Å². The molecular weight excluding hydrogens is 627 g/mol. The topological polar surface area (TPSA) is 129 Å². The third-order valence-electron chi connectivity index (χ3n) is 9.92. The number of carboxylic acid groups (broad SMARTS) is 1. The van der Waals surface area contributed by atoms with Crippen LogP contribution >= 0.6 is 0 Å². The first kappa shape index (κ1) is 31.9. The SMILES string of the molecule is COCC1(CN(C)c2cc(-c3cncc(C(F)(F)F)c3)nc3nc(-c4ccc(N5CCC6(CC5)CC(C(=O)O)=NO6)cc4)[nH]c23)CCC1. The van der Waals surface area contributed by atoms with Gasteiger partial charge >= 0.3 is 12.1 Å². The number of piperidine rings is 1. The first-order valence-electron chi connectivity index (χ1n) is 15.9. The highest BCUT2D eigenvalue weighted by Crippen LogP contribution is 2.43. The molecule has 4 aromatic rings. The first-order valence-corrected chi connectivity index (χ1v) is 15.9. The zero-order valence-corrected chi connectivity index (χ0v) is 26.7. The van der Waals surface area contributed by atoms with E-state index in [1.54, 1.807) is 13.2 Å². The number of pyridine rings is 2. The molecule has 1 aromatic carbocycles. The number of benzene rings is 1. The molecule has 5 heterocycles. The summed E-state index contributed by atoms with van der Waals surface area (Å²) < 4.78 is 46.3. The quantitative estimate of drug-likeness (QED) is 0.216. The van der Waals surface area contributed by atoms with Crippen molar-refractivity contribution >= 4 is 34.2 Å². The summed E-state index contributed by atoms with van der Waals surface area (Å²) in [5.41, 5.74) is 2.97. The van der Waals surface area contributed by atoms with Crippen molar-refractivity contribution in [3.8, 4) is 22.6 Å². The lowest BCUT2D eigenvalue weighted by atomic mass is 9.69. The van der Waals surface area contributed by atoms with Crippen LogP contribution < -0.4 is 9.80 Å². The van der Waals surface area contributed by atoms with E-state index >= 15 is 0 Å². The fraction of sp³-hybridized carbons (Fsp3) is 0.441. The maximum absolute atomic E-state index is 13.6. The Morgan fingerprint density at radius 2 is 1.83 bits per heavy atom. The van der Waals surface area contributed by atoms with Crippen molar-refractivity contribution in [2.45, 2.75) is 50.3 Å². The van der Waals surface area contributed by atoms with E-state index in [2.05, 4.69) is 24.9 Å². The monoisotopic (exact) mass is 663 g/mol. The van der Waals surface area contributed by atoms with Crippen molar-refractivity contribution in [2.75, 3.05) is 50.2 Å². The van der Waals surface area contributed by atoms with Gasteiger partial charge in [0.05, 0.1) is 23.6 Å². The van der Waals surface area contributed by atoms with Crippen LogP contribution in [0.5, 0.6) is 0 Å². The highest BCUT2D eigenvalue weighted by molar-refractivity contribution is 6.36. The average Bonchev–Trinajstić information content (AvgIpc) is 3.68. The van der Waals surface area contributed by atoms with E-state index in [0.717, 1.165) is 48.5 Å². The Bertz CT molecular complexity index is 1860. The molecule has 3 aromatic heterocycles. The Balaban J connectivity index is 1.17. The van der Waals surface area contributed by atoms with Crippen LogP contribution in [-0.4, -0.2) is 82.7 Å². The van der Waals surface area contributed by atoms with E-state index in [-0.39, 0.29) is 16.7 Å². The molecule has 14 heteroatoms. The largest absolute Gasteiger partial charge is 0.477 e. The fourth-order valence-corrected chi connectivity index (χ4v) is 7.12. The lowest BCUT2D eigenvalue weighted by Gasteiger charge is -2.44. The molecule has 1 spiro atoms. The summed E-state index contributed by atoms with van der Waals surface area (Å²) in [4.78, 5) is 38.0. The van der Waals surface area contributed by atoms with Gasteiger partial charge in [0.1, 0.15) is 16.9 Å². The van der Waals surface area contributed by atoms with Gasteiger partial charge < -0.3 is 29.5 Å². The summed E-state index contributed by atoms with van der Waals surface area (Å²) in [7, 11) is 3.68. The minimum atomic E-state index is -4.53. The van der Waals surface area contributed by atoms with Crippen LogP contribution in [0.15, 0.2) is 53.9 Å². The maximum atomic E-state index is 13.6. The molecule has 0 unspecified atom stereocenters. The Labute approximate surface area is 274 Å². The minimum absolute atomic E-state index is 0.000742. The summed E-state index contributed by atoms with van der Waals surface area (Å²) in [6.45, 7) is 2.72. The van der Waals surface area contributed by atoms with Crippen molar-refractivity contribution in [3.05, 3.63) is 54.4 Å². The first-order chi connectivity index (χ1) is 23.0. The number of aliphatic carboxylic acids is 1. The molecule has 48 heavy (non-hydrogen) atoms. The van der Waals surface area contributed by atoms with Gasteiger partial charge in [-0.15, -0.1) is 0 Å². The number of alkyl halides is 3. The number of imidazole rings is 1. The number of fused-ring (bicyclic) bond motifs is 1. The number of H-pyrrole nitrogens is 1. The molecule has 0 bridgehead atoms. The van der Waals surface area contributed by atoms with Crippen molar-refractivity contribution < 1.29 is 32.6 Å². The van der Waals surface area contributed by atoms with Gasteiger partial charge in [-0.1, -0.05) is 11.6 Å². The molecule has 3 aliphatic rings. The highest BCUT2D eigenvalue weighted by Gasteiger charge is 2.44. The molecule has 1 saturated heterocycles. The molecule has 0 atom stereocenters. The number of methoxy groups -OCH3 is 1. The van der Waals surface area contributed by atoms with Gasteiger partial charge in [0, 0.05) is 87.7 Å². The van der Waals surface area contributed by atoms with E-state index < -0.39 is 23.3 Å². The van der Waals surface area contributed by atoms with Gasteiger partial charge in [0.2, 0.25) is 0 Å². The molecule has 1 aliphatic carbocycles. The van der Waals surface area contributed by atoms with Crippen LogP contribution in [0, 0.1) is 5.41 Å². The predicted octanol–water partition coefficient (Wildman–Crippen LogP) is 6.16. The van der Waals surface area contributed by atoms with Crippen LogP contribution in [0.3, 0.4) is 0 Å². The molecule has 2 fully saturated rings. The number of carbonyl (C=O) groups is 1. The number of hydrogen-bond acceptors (Lipinski definition) is 9. The number of carboxylic acids is 1. The van der Waals surface area contributed by atoms with Crippen LogP contribution in [-0.2, 0) is 20.5 Å². The lowest BCUT2D eigenvalue weighted by Crippen LogP contribution is -2.45. The summed E-state index contributed by atoms with van der Waals surface area (Å²) in [5.74, 6) is -0.453. The number of anilines is 2. The van der Waals surface area contributed by atoms with Gasteiger partial charge in [-0.05, 0) is 49.2 Å². The lowest BCUT2D eigenvalue weighted by molar-refractivity contribution is -0.137. The average molecular weight is 664 g/mol. The highest BCUT2D eigenvalue weighted by atomic mass is 19.4. The van der Waals surface area contributed by atoms with Crippen molar-refractivity contribution in [2.24, 2.45) is 10.6 Å². The van der Waals surface area contributed by atoms with Gasteiger partial charge in [-0.25, -0.2) is 14.8 Å². The van der Waals surface area contributed by atoms with E-state index in [4.69, 9.17) is 19.5 Å². The Morgan fingerprint density at radius 3 is 2.46 bits per heavy atom. The zero-order chi connectivity index (χ0) is 33.7. The van der Waals surface area contributed by atoms with Gasteiger partial charge in [-0.2, -0.15) is 13.2 Å². The smallest absolute Gasteiger partial charge is 0.417 e. The summed E-state index contributed by atoms with van der Waals surface area (Å²) >= 11 is 0. The second-order valence-corrected chi connectivity index (χ2v) is 13.2. The van der Waals surface area contributed by atoms with E-state index in [9.17, 15) is 23.1 Å². The van der Waals surface area contributed by atoms with Crippen LogP contribution in [0.25, 0.3) is 33.8 Å². The normalized spacial score (nSPS) is 18.4. The number of rotatable bonds is 9. The molecule has 11 nitrogen and oxygen atoms in total. The molecule has 7 rings (SSSR count). The van der Waals surface area contributed by atoms with Crippen LogP contribution in [0.2, 0.25) is 0 Å². The molecule has 0 amide bonds. The van der Waals surface area contributed by atoms with E-state index in [0.29, 0.717) is 68.2 Å². The Kier molecular flexibility index (Phi) is 8.01. The minimum Gasteiger partial charge on any atom is -0.477 e. The number of nitrogens with one attached hydrogen (secondary N) is 1. The van der Waals surface area contributed by atoms with Gasteiger partial charge in [-0.3, -0.25) is 4.98 Å². The number of aromatic nitrogens is 4. The Hall–Kier alpha value is -4.72. The number of halogens is 3. The number of hydrogen-bond donors (Lipinski definition) is 2. The summed E-state index contributed by atoms with van der Waals surface area (Å²) in [6, 6.07) is 10.8. The van der Waals surface area contributed by atoms with Crippen molar-refractivity contribution in [1.82, 2.24) is 19.9 Å². The van der Waals surface area contributed by atoms with Crippen LogP contribution in [0.1, 0.15) is 44.1 Å². The maximum Gasteiger partial charge on any atom is 0.417 e. The standard InChI is InChI=1S/C34H36F3N7O4/c1-43(19-32(20-47-2)8-3-9-32)27-15-25(22-14-23(18-38-17-22)34(35,36)37)39-30-28(27)40-29(41-30)21-4-6-24(7-5-21)44-12-10-33(11-13-44)16-26(31(45)46)42-48-33/h4-7,14-15,17-18H,3,8-13,16,19-20H2,1-2H3,(H,45,46)(H,39,40,41). The fourth-order valence-electron chi connectivity index (χ4n) is 7.12. The zero-order valence-electron chi connectivity index (χ0n) is 26.7. The molecule has 1 saturated carbocycles. The van der Waals surface area contributed by atoms with E-state index in [1.165, 1.54) is 6.20 Å². The van der Waals surface area contributed by atoms with Gasteiger partial charge in [0.15, 0.2) is 11.4 Å². The molecular formula is C34H36F3N7O4. The molecule has 252 valence electrons. The number of ether oxygens (including phenoxy) is 1. The number of aromatic amines is 1. The van der Waals surface area contributed by atoms with Crippen molar-refractivity contribution in [3.63, 3.8) is 0 Å². The number of oxime groups is 1. The Morgan fingerprint density at radius 1 is 1.08 bits per heavy atom. The van der Waals surface area contributed by atoms with Crippen molar-refractivity contribution in [1.29, 1.82) is 0 Å². The molecule has 2 N–H and O–H groups in total.